The predicted octanol–water partition coefficient (Wildman–Crippen LogP) is 1.04. The first-order chi connectivity index (χ1) is 10.6. The van der Waals surface area contributed by atoms with Gasteiger partial charge in [0.25, 0.3) is 5.91 Å². The molecule has 3 rings (SSSR count). The third-order valence-corrected chi connectivity index (χ3v) is 4.19. The van der Waals surface area contributed by atoms with Crippen LogP contribution >= 0.6 is 0 Å². The molecular formula is C16H19N3O3. The van der Waals surface area contributed by atoms with E-state index >= 15 is 0 Å². The zero-order valence-corrected chi connectivity index (χ0v) is 12.5. The van der Waals surface area contributed by atoms with Crippen LogP contribution < -0.4 is 5.32 Å². The summed E-state index contributed by atoms with van der Waals surface area (Å²) >= 11 is 0. The minimum absolute atomic E-state index is 0.198. The summed E-state index contributed by atoms with van der Waals surface area (Å²) in [4.78, 5) is 38.8. The van der Waals surface area contributed by atoms with Gasteiger partial charge in [0, 0.05) is 13.1 Å². The number of aryl methyl sites for hydroxylation is 1. The predicted molar refractivity (Wildman–Crippen MR) is 79.9 cm³/mol. The highest BCUT2D eigenvalue weighted by molar-refractivity contribution is 6.06. The fraction of sp³-hybridized carbons (Fsp3) is 0.438. The molecule has 0 spiro atoms. The monoisotopic (exact) mass is 301 g/mol. The van der Waals surface area contributed by atoms with Gasteiger partial charge in [-0.1, -0.05) is 29.8 Å². The van der Waals surface area contributed by atoms with Crippen molar-refractivity contribution in [2.24, 2.45) is 0 Å². The molecule has 0 radical (unpaired) electrons. The van der Waals surface area contributed by atoms with Crippen LogP contribution in [0.1, 0.15) is 24.0 Å². The third-order valence-electron chi connectivity index (χ3n) is 4.19. The Morgan fingerprint density at radius 3 is 2.68 bits per heavy atom. The Bertz CT molecular complexity index is 590. The van der Waals surface area contributed by atoms with Gasteiger partial charge in [0.2, 0.25) is 5.91 Å². The highest BCUT2D eigenvalue weighted by Gasteiger charge is 2.47. The molecule has 6 nitrogen and oxygen atoms in total. The van der Waals surface area contributed by atoms with E-state index in [0.29, 0.717) is 19.5 Å². The average molecular weight is 301 g/mol. The molecule has 2 fully saturated rings. The van der Waals surface area contributed by atoms with E-state index in [-0.39, 0.29) is 30.4 Å². The standard InChI is InChI=1S/C16H19N3O3/c1-11-4-6-12(7-5-11)9-17-14(20)10-19-15(21)13-3-2-8-18(13)16(19)22/h4-7,13H,2-3,8-10H2,1H3,(H,17,20). The molecule has 1 unspecified atom stereocenters. The normalized spacial score (nSPS) is 20.5. The second-order valence-electron chi connectivity index (χ2n) is 5.82. The highest BCUT2D eigenvalue weighted by atomic mass is 16.2. The van der Waals surface area contributed by atoms with Crippen molar-refractivity contribution in [1.82, 2.24) is 15.1 Å². The van der Waals surface area contributed by atoms with Crippen molar-refractivity contribution in [1.29, 1.82) is 0 Å². The first-order valence-electron chi connectivity index (χ1n) is 7.50. The number of rotatable bonds is 4. The molecule has 0 bridgehead atoms. The van der Waals surface area contributed by atoms with Crippen LogP contribution in [0.15, 0.2) is 24.3 Å². The number of nitrogens with one attached hydrogen (secondary N) is 1. The molecule has 0 aromatic heterocycles. The molecule has 1 aromatic rings. The van der Waals surface area contributed by atoms with Gasteiger partial charge in [-0.3, -0.25) is 14.5 Å². The number of nitrogens with zero attached hydrogens (tertiary/aromatic N) is 2. The van der Waals surface area contributed by atoms with Gasteiger partial charge < -0.3 is 10.2 Å². The zero-order chi connectivity index (χ0) is 15.7. The maximum Gasteiger partial charge on any atom is 0.327 e. The molecule has 1 atom stereocenters. The first-order valence-corrected chi connectivity index (χ1v) is 7.50. The maximum atomic E-state index is 12.1. The quantitative estimate of drug-likeness (QED) is 0.845. The summed E-state index contributed by atoms with van der Waals surface area (Å²) in [6.07, 6.45) is 1.56. The fourth-order valence-electron chi connectivity index (χ4n) is 2.93. The molecule has 22 heavy (non-hydrogen) atoms. The van der Waals surface area contributed by atoms with Gasteiger partial charge in [-0.2, -0.15) is 0 Å². The zero-order valence-electron chi connectivity index (χ0n) is 12.5. The van der Waals surface area contributed by atoms with Gasteiger partial charge in [0.15, 0.2) is 0 Å². The summed E-state index contributed by atoms with van der Waals surface area (Å²) in [6.45, 7) is 2.80. The van der Waals surface area contributed by atoms with Gasteiger partial charge in [-0.15, -0.1) is 0 Å². The van der Waals surface area contributed by atoms with Crippen molar-refractivity contribution in [3.8, 4) is 0 Å². The summed E-state index contributed by atoms with van der Waals surface area (Å²) in [5.41, 5.74) is 2.14. The van der Waals surface area contributed by atoms with Crippen LogP contribution in [0, 0.1) is 6.92 Å². The van der Waals surface area contributed by atoms with E-state index in [1.165, 1.54) is 0 Å². The number of fused-ring (bicyclic) bond motifs is 1. The van der Waals surface area contributed by atoms with Crippen LogP contribution in [0.3, 0.4) is 0 Å². The van der Waals surface area contributed by atoms with Crippen LogP contribution in [0.5, 0.6) is 0 Å². The average Bonchev–Trinajstić information content (AvgIpc) is 3.07. The van der Waals surface area contributed by atoms with Crippen LogP contribution in [0.2, 0.25) is 0 Å². The van der Waals surface area contributed by atoms with E-state index in [1.54, 1.807) is 4.90 Å². The van der Waals surface area contributed by atoms with Gasteiger partial charge in [0.1, 0.15) is 12.6 Å². The number of hydrogen-bond donors (Lipinski definition) is 1. The van der Waals surface area contributed by atoms with Crippen molar-refractivity contribution in [3.05, 3.63) is 35.4 Å². The summed E-state index contributed by atoms with van der Waals surface area (Å²) in [5.74, 6) is -0.559. The van der Waals surface area contributed by atoms with Crippen LogP contribution in [0.25, 0.3) is 0 Å². The third kappa shape index (κ3) is 2.68. The van der Waals surface area contributed by atoms with E-state index in [1.807, 2.05) is 31.2 Å². The molecule has 116 valence electrons. The Labute approximate surface area is 129 Å². The van der Waals surface area contributed by atoms with Crippen LogP contribution in [0.4, 0.5) is 4.79 Å². The summed E-state index contributed by atoms with van der Waals surface area (Å²) in [7, 11) is 0. The van der Waals surface area contributed by atoms with Crippen molar-refractivity contribution >= 4 is 17.8 Å². The van der Waals surface area contributed by atoms with Gasteiger partial charge >= 0.3 is 6.03 Å². The number of urea groups is 1. The second kappa shape index (κ2) is 5.79. The minimum Gasteiger partial charge on any atom is -0.350 e. The number of benzene rings is 1. The van der Waals surface area contributed by atoms with Gasteiger partial charge in [0.05, 0.1) is 0 Å². The number of amides is 4. The molecule has 2 aliphatic heterocycles. The molecule has 6 heteroatoms. The molecule has 2 heterocycles. The van der Waals surface area contributed by atoms with E-state index in [2.05, 4.69) is 5.32 Å². The Morgan fingerprint density at radius 1 is 1.27 bits per heavy atom. The van der Waals surface area contributed by atoms with Crippen LogP contribution in [-0.2, 0) is 16.1 Å². The van der Waals surface area contributed by atoms with E-state index in [9.17, 15) is 14.4 Å². The lowest BCUT2D eigenvalue weighted by Crippen LogP contribution is -2.41. The Kier molecular flexibility index (Phi) is 3.83. The molecular weight excluding hydrogens is 282 g/mol. The topological polar surface area (TPSA) is 69.7 Å². The summed E-state index contributed by atoms with van der Waals surface area (Å²) < 4.78 is 0. The molecule has 0 aliphatic carbocycles. The van der Waals surface area contributed by atoms with Crippen molar-refractivity contribution in [2.75, 3.05) is 13.1 Å². The van der Waals surface area contributed by atoms with E-state index < -0.39 is 0 Å². The molecule has 1 aromatic carbocycles. The van der Waals surface area contributed by atoms with Crippen molar-refractivity contribution in [3.63, 3.8) is 0 Å². The Morgan fingerprint density at radius 2 is 2.00 bits per heavy atom. The van der Waals surface area contributed by atoms with Crippen molar-refractivity contribution < 1.29 is 14.4 Å². The number of carbonyl (C=O) groups excluding carboxylic acids is 3. The number of carbonyl (C=O) groups is 3. The molecule has 1 N–H and O–H groups in total. The minimum atomic E-state index is -0.350. The fourth-order valence-corrected chi connectivity index (χ4v) is 2.93. The maximum absolute atomic E-state index is 12.1. The lowest BCUT2D eigenvalue weighted by Gasteiger charge is -2.15. The molecule has 0 saturated carbocycles. The van der Waals surface area contributed by atoms with Crippen molar-refractivity contribution in [2.45, 2.75) is 32.4 Å². The first kappa shape index (κ1) is 14.6. The summed E-state index contributed by atoms with van der Waals surface area (Å²) in [6, 6.07) is 7.15. The molecule has 2 saturated heterocycles. The second-order valence-corrected chi connectivity index (χ2v) is 5.82. The summed E-state index contributed by atoms with van der Waals surface area (Å²) in [5, 5.41) is 2.75. The largest absolute Gasteiger partial charge is 0.350 e. The van der Waals surface area contributed by atoms with Gasteiger partial charge in [-0.05, 0) is 25.3 Å². The Hall–Kier alpha value is -2.37. The highest BCUT2D eigenvalue weighted by Crippen LogP contribution is 2.26. The van der Waals surface area contributed by atoms with Crippen LogP contribution in [-0.4, -0.2) is 46.8 Å². The number of hydrogen-bond acceptors (Lipinski definition) is 3. The van der Waals surface area contributed by atoms with E-state index in [4.69, 9.17) is 0 Å². The smallest absolute Gasteiger partial charge is 0.327 e. The molecule has 4 amide bonds. The lowest BCUT2D eigenvalue weighted by atomic mass is 10.1. The lowest BCUT2D eigenvalue weighted by molar-refractivity contribution is -0.132. The van der Waals surface area contributed by atoms with Gasteiger partial charge in [-0.25, -0.2) is 4.79 Å². The Balaban J connectivity index is 1.55. The SMILES string of the molecule is Cc1ccc(CNC(=O)CN2C(=O)C3CCCN3C2=O)cc1. The number of imide groups is 1. The van der Waals surface area contributed by atoms with E-state index in [0.717, 1.165) is 22.4 Å². The molecule has 2 aliphatic rings.